The summed E-state index contributed by atoms with van der Waals surface area (Å²) < 4.78 is 26.6. The first-order valence-electron chi connectivity index (χ1n) is 15.0. The van der Waals surface area contributed by atoms with E-state index in [1.54, 1.807) is 0 Å². The standard InChI is InChI=1S/C23H55O8P17.Ac/c1-11-9-21(4,5)14(7-15(11)25)18(29-13(3)24)19-22(6,20(26)12(2)30-43(46(37)38)48(41-32)47(39)40)16(8-17-23(19,27)10-28-17)31-42(44(33)34)45(35)36;/h9,12,14-20,25-27,41H,7-8,10,32-40H2,1-6H3;/t12-,14?,15+,16+,17-,18-,19?,20-,22-,23+,43?,48?;/m1./s1. The van der Waals surface area contributed by atoms with Gasteiger partial charge in [-0.2, -0.15) is 0 Å². The molecule has 1 heterocycles. The Bertz CT molecular complexity index is 1140. The molecule has 2 fully saturated rings. The molecule has 3 aliphatic rings. The van der Waals surface area contributed by atoms with Crippen LogP contribution in [0.2, 0.25) is 0 Å². The fraction of sp³-hybridized carbons (Fsp3) is 0.870. The quantitative estimate of drug-likeness (QED) is 0.0844. The van der Waals surface area contributed by atoms with Crippen LogP contribution in [-0.2, 0) is 23.3 Å². The van der Waals surface area contributed by atoms with Crippen molar-refractivity contribution >= 4 is 144 Å². The van der Waals surface area contributed by atoms with Crippen LogP contribution in [0.5, 0.6) is 0 Å². The smallest absolute Gasteiger partial charge is 0.302 e. The van der Waals surface area contributed by atoms with Gasteiger partial charge in [-0.1, -0.05) is 34.8 Å². The fourth-order valence-corrected chi connectivity index (χ4v) is 107. The van der Waals surface area contributed by atoms with Crippen molar-refractivity contribution < 1.29 is 82.7 Å². The molecule has 14 unspecified atom stereocenters. The first-order chi connectivity index (χ1) is 22.0. The molecule has 1 saturated carbocycles. The Morgan fingerprint density at radius 2 is 1.57 bits per heavy atom. The van der Waals surface area contributed by atoms with Crippen molar-refractivity contribution in [1.29, 1.82) is 0 Å². The van der Waals surface area contributed by atoms with Gasteiger partial charge in [0.2, 0.25) is 0 Å². The minimum absolute atomic E-state index is 0. The molecular weight excluding hydrogens is 1160 g/mol. The Morgan fingerprint density at radius 3 is 2.00 bits per heavy atom. The van der Waals surface area contributed by atoms with E-state index in [9.17, 15) is 20.1 Å². The molecule has 1 aliphatic heterocycles. The Labute approximate surface area is 360 Å². The largest absolute Gasteiger partial charge is 0.462 e. The van der Waals surface area contributed by atoms with Gasteiger partial charge in [0.15, 0.2) is 0 Å². The molecule has 0 spiro atoms. The molecule has 0 aromatic heterocycles. The third kappa shape index (κ3) is 12.7. The summed E-state index contributed by atoms with van der Waals surface area (Å²) in [4.78, 5) is 13.0. The van der Waals surface area contributed by atoms with Gasteiger partial charge in [-0.3, -0.25) is 4.79 Å². The van der Waals surface area contributed by atoms with E-state index in [0.717, 1.165) is 5.57 Å². The average Bonchev–Trinajstić information content (AvgIpc) is 2.95. The number of carbonyl (C=O) groups is 1. The van der Waals surface area contributed by atoms with Crippen molar-refractivity contribution in [2.45, 2.75) is 96.6 Å². The summed E-state index contributed by atoms with van der Waals surface area (Å²) >= 11 is 0. The van der Waals surface area contributed by atoms with Crippen LogP contribution in [0.15, 0.2) is 11.6 Å². The summed E-state index contributed by atoms with van der Waals surface area (Å²) in [7, 11) is 25.3. The van der Waals surface area contributed by atoms with E-state index < -0.39 is 108 Å². The number of hydrogen-bond acceptors (Lipinski definition) is 8. The number of esters is 1. The number of hydrogen-bond donors (Lipinski definition) is 3. The molecule has 2 aliphatic carbocycles. The van der Waals surface area contributed by atoms with Crippen LogP contribution in [0.3, 0.4) is 0 Å². The average molecular weight is 1210 g/mol. The van der Waals surface area contributed by atoms with Crippen molar-refractivity contribution in [3.05, 3.63) is 11.6 Å². The second kappa shape index (κ2) is 22.7. The first-order valence-corrected chi connectivity index (χ1v) is 44.3. The molecule has 0 aromatic carbocycles. The van der Waals surface area contributed by atoms with Crippen LogP contribution in [0, 0.1) is 66.7 Å². The Hall–Kier alpha value is 7.72. The topological polar surface area (TPSA) is 115 Å². The minimum Gasteiger partial charge on any atom is -0.462 e. The van der Waals surface area contributed by atoms with E-state index in [-0.39, 0.29) is 63.6 Å². The summed E-state index contributed by atoms with van der Waals surface area (Å²) in [6.45, 7) is 8.82. The molecule has 8 nitrogen and oxygen atoms in total. The van der Waals surface area contributed by atoms with Crippen LogP contribution < -0.4 is 0 Å². The van der Waals surface area contributed by atoms with Gasteiger partial charge in [0.25, 0.3) is 0 Å². The maximum Gasteiger partial charge on any atom is 0.302 e. The zero-order valence-corrected chi connectivity index (χ0v) is 51.0. The molecule has 1 radical (unpaired) electrons. The first kappa shape index (κ1) is 52.9. The Balaban J connectivity index is 0.00000833. The number of ether oxygens (including phenoxy) is 2. The van der Waals surface area contributed by atoms with Gasteiger partial charge in [-0.05, 0) is 59.2 Å². The fourth-order valence-electron chi connectivity index (χ4n) is 7.40. The van der Waals surface area contributed by atoms with E-state index in [0.29, 0.717) is 20.8 Å². The van der Waals surface area contributed by atoms with Crippen molar-refractivity contribution in [2.24, 2.45) is 22.7 Å². The third-order valence-corrected chi connectivity index (χ3v) is 79.4. The second-order valence-electron chi connectivity index (χ2n) is 13.3. The van der Waals surface area contributed by atoms with Crippen molar-refractivity contribution in [2.75, 3.05) is 6.61 Å². The maximum atomic E-state index is 13.0. The molecule has 0 aromatic rings. The van der Waals surface area contributed by atoms with Gasteiger partial charge < -0.3 is 33.8 Å². The molecule has 3 N–H and O–H groups in total. The van der Waals surface area contributed by atoms with Gasteiger partial charge >= 0.3 is 5.97 Å². The van der Waals surface area contributed by atoms with Crippen LogP contribution in [0.25, 0.3) is 0 Å². The van der Waals surface area contributed by atoms with Gasteiger partial charge in [0.05, 0.1) is 52.2 Å². The predicted molar refractivity (Wildman–Crippen MR) is 254 cm³/mol. The van der Waals surface area contributed by atoms with Crippen LogP contribution in [0.4, 0.5) is 0 Å². The number of carbonyl (C=O) groups excluding carboxylic acids is 1. The molecule has 283 valence electrons. The monoisotopic (exact) mass is 1210 g/mol. The summed E-state index contributed by atoms with van der Waals surface area (Å²) in [5.41, 5.74) is -2.13. The van der Waals surface area contributed by atoms with E-state index in [4.69, 9.17) is 18.5 Å². The van der Waals surface area contributed by atoms with Crippen LogP contribution in [0.1, 0.15) is 54.4 Å². The molecule has 0 amide bonds. The Morgan fingerprint density at radius 1 is 1.02 bits per heavy atom. The van der Waals surface area contributed by atoms with Gasteiger partial charge in [-0.15, -0.1) is 80.4 Å². The van der Waals surface area contributed by atoms with Crippen LogP contribution in [-0.4, -0.2) is 70.1 Å². The SMILES string of the molecule is CC(=O)O[C@H](C1C[C@H](O)C(C)=CC1(C)C)C1[C@](C)([C@H](O)[C@@H](C)OP(P(P)P)P(PP)P(P)P)[C@@H](OP(P(P)P)P(P)P)C[C@H]2OC[C@@]12O.[Ac]. The van der Waals surface area contributed by atoms with Crippen LogP contribution >= 0.6 is 138 Å². The van der Waals surface area contributed by atoms with E-state index >= 15 is 0 Å². The summed E-state index contributed by atoms with van der Waals surface area (Å²) in [6.07, 6.45) is -1.52. The summed E-state index contributed by atoms with van der Waals surface area (Å²) in [5, 5.41) is 36.7. The molecule has 22 atom stereocenters. The molecule has 0 bridgehead atoms. The number of rotatable bonds is 15. The molecule has 26 heteroatoms. The third-order valence-electron chi connectivity index (χ3n) is 9.64. The van der Waals surface area contributed by atoms with Gasteiger partial charge in [0, 0.05) is 81.6 Å². The molecular formula is C23H55AcO8P17. The molecule has 1 saturated heterocycles. The zero-order chi connectivity index (χ0) is 36.7. The molecule has 49 heavy (non-hydrogen) atoms. The van der Waals surface area contributed by atoms with Gasteiger partial charge in [-0.25, -0.2) is 0 Å². The van der Waals surface area contributed by atoms with Crippen molar-refractivity contribution in [3.63, 3.8) is 0 Å². The summed E-state index contributed by atoms with van der Waals surface area (Å²) in [5.74, 6) is -1.60. The second-order valence-corrected chi connectivity index (χ2v) is 71.4. The van der Waals surface area contributed by atoms with E-state index in [2.05, 4.69) is 100 Å². The minimum atomic E-state index is -1.39. The number of aliphatic hydroxyl groups is 3. The zero-order valence-electron chi connectivity index (χ0n) is 28.6. The predicted octanol–water partition coefficient (Wildman–Crippen LogP) is 11.1. The summed E-state index contributed by atoms with van der Waals surface area (Å²) in [6, 6.07) is 0. The van der Waals surface area contributed by atoms with E-state index in [1.165, 1.54) is 6.92 Å². The van der Waals surface area contributed by atoms with Crippen molar-refractivity contribution in [3.8, 4) is 0 Å². The van der Waals surface area contributed by atoms with Crippen molar-refractivity contribution in [1.82, 2.24) is 0 Å². The number of fused-ring (bicyclic) bond motifs is 1. The van der Waals surface area contributed by atoms with Gasteiger partial charge in [0.1, 0.15) is 11.7 Å². The Kier molecular flexibility index (Phi) is 24.5. The molecule has 3 rings (SSSR count). The number of aliphatic hydroxyl groups excluding tert-OH is 2. The normalized spacial score (nSPS) is 34.8. The maximum absolute atomic E-state index is 13.0. The number of allylic oxidation sites excluding steroid dienone is 1. The van der Waals surface area contributed by atoms with E-state index in [1.807, 2.05) is 20.8 Å².